The Bertz CT molecular complexity index is 815. The standard InChI is InChI=1S/C17H21Cl2N3O4S/c1-20(9-11-4-5-13(18)14(19)8-11)16(24)12-10-22(17(25)15(12)23)7-6-21(2)27(3)26/h4-5,8,23H,6-7,9-10H2,1-3H3. The second kappa shape index (κ2) is 9.05. The molecule has 10 heteroatoms. The number of rotatable bonds is 7. The summed E-state index contributed by atoms with van der Waals surface area (Å²) in [6.45, 7) is 0.882. The third-order valence-electron chi connectivity index (χ3n) is 4.26. The van der Waals surface area contributed by atoms with Gasteiger partial charge in [0.15, 0.2) is 5.76 Å². The first kappa shape index (κ1) is 21.7. The lowest BCUT2D eigenvalue weighted by Crippen LogP contribution is -2.36. The number of likely N-dealkylation sites (N-methyl/N-ethyl adjacent to an activating group) is 2. The summed E-state index contributed by atoms with van der Waals surface area (Å²) in [5.41, 5.74) is 0.816. The maximum absolute atomic E-state index is 12.7. The Morgan fingerprint density at radius 1 is 1.30 bits per heavy atom. The summed E-state index contributed by atoms with van der Waals surface area (Å²) in [7, 11) is 2.09. The van der Waals surface area contributed by atoms with E-state index in [1.54, 1.807) is 36.6 Å². The second-order valence-electron chi connectivity index (χ2n) is 6.24. The SMILES string of the molecule is CN(Cc1ccc(Cl)c(Cl)c1)C(=O)C1=C(O)C(=O)N(CCN(C)S(C)=O)C1. The fourth-order valence-electron chi connectivity index (χ4n) is 2.57. The van der Waals surface area contributed by atoms with Gasteiger partial charge in [-0.05, 0) is 24.7 Å². The molecule has 0 aliphatic carbocycles. The molecule has 0 aromatic heterocycles. The van der Waals surface area contributed by atoms with Gasteiger partial charge < -0.3 is 14.9 Å². The lowest BCUT2D eigenvalue weighted by Gasteiger charge is -2.21. The Kier molecular flexibility index (Phi) is 7.27. The summed E-state index contributed by atoms with van der Waals surface area (Å²) >= 11 is 11.9. The zero-order chi connectivity index (χ0) is 20.3. The van der Waals surface area contributed by atoms with Crippen LogP contribution in [0.15, 0.2) is 29.5 Å². The number of hydrogen-bond donors (Lipinski definition) is 1. The van der Waals surface area contributed by atoms with Crippen LogP contribution >= 0.6 is 23.2 Å². The van der Waals surface area contributed by atoms with E-state index in [0.717, 1.165) is 5.56 Å². The van der Waals surface area contributed by atoms with E-state index in [1.807, 2.05) is 0 Å². The Morgan fingerprint density at radius 3 is 2.56 bits per heavy atom. The Morgan fingerprint density at radius 2 is 1.96 bits per heavy atom. The maximum Gasteiger partial charge on any atom is 0.289 e. The summed E-state index contributed by atoms with van der Waals surface area (Å²) < 4.78 is 12.9. The molecule has 2 rings (SSSR count). The molecular weight excluding hydrogens is 413 g/mol. The van der Waals surface area contributed by atoms with Gasteiger partial charge in [-0.1, -0.05) is 29.3 Å². The normalized spacial score (nSPS) is 15.6. The van der Waals surface area contributed by atoms with E-state index in [1.165, 1.54) is 16.1 Å². The molecule has 0 saturated carbocycles. The molecule has 1 aromatic carbocycles. The molecule has 0 bridgehead atoms. The van der Waals surface area contributed by atoms with Gasteiger partial charge in [-0.25, -0.2) is 8.51 Å². The molecule has 1 heterocycles. The number of aliphatic hydroxyl groups excluding tert-OH is 1. The number of carbonyl (C=O) groups excluding carboxylic acids is 2. The molecule has 1 aliphatic rings. The van der Waals surface area contributed by atoms with Crippen LogP contribution in [0.25, 0.3) is 0 Å². The summed E-state index contributed by atoms with van der Waals surface area (Å²) in [6.07, 6.45) is 1.54. The van der Waals surface area contributed by atoms with Gasteiger partial charge >= 0.3 is 0 Å². The lowest BCUT2D eigenvalue weighted by molar-refractivity contribution is -0.128. The van der Waals surface area contributed by atoms with Crippen molar-refractivity contribution in [2.75, 3.05) is 40.0 Å². The molecular formula is C17H21Cl2N3O4S. The molecule has 1 unspecified atom stereocenters. The molecule has 0 fully saturated rings. The fraction of sp³-hybridized carbons (Fsp3) is 0.412. The highest BCUT2D eigenvalue weighted by atomic mass is 35.5. The number of nitrogens with zero attached hydrogens (tertiary/aromatic N) is 3. The number of carbonyl (C=O) groups is 2. The van der Waals surface area contributed by atoms with Crippen molar-refractivity contribution < 1.29 is 18.9 Å². The van der Waals surface area contributed by atoms with Gasteiger partial charge in [0.1, 0.15) is 0 Å². The zero-order valence-corrected chi connectivity index (χ0v) is 17.6. The number of amides is 2. The molecule has 2 amide bonds. The van der Waals surface area contributed by atoms with E-state index in [9.17, 15) is 18.9 Å². The largest absolute Gasteiger partial charge is 0.503 e. The van der Waals surface area contributed by atoms with Crippen LogP contribution in [-0.2, 0) is 27.1 Å². The van der Waals surface area contributed by atoms with E-state index < -0.39 is 28.6 Å². The first-order valence-electron chi connectivity index (χ1n) is 8.07. The number of benzene rings is 1. The molecule has 1 aliphatic heterocycles. The topological polar surface area (TPSA) is 81.2 Å². The third-order valence-corrected chi connectivity index (χ3v) is 6.06. The predicted molar refractivity (Wildman–Crippen MR) is 106 cm³/mol. The quantitative estimate of drug-likeness (QED) is 0.710. The van der Waals surface area contributed by atoms with Crippen molar-refractivity contribution in [1.29, 1.82) is 0 Å². The number of hydrogen-bond acceptors (Lipinski definition) is 4. The highest BCUT2D eigenvalue weighted by Gasteiger charge is 2.35. The van der Waals surface area contributed by atoms with E-state index >= 15 is 0 Å². The van der Waals surface area contributed by atoms with Crippen molar-refractivity contribution in [3.05, 3.63) is 45.1 Å². The van der Waals surface area contributed by atoms with E-state index in [4.69, 9.17) is 23.2 Å². The van der Waals surface area contributed by atoms with Crippen LogP contribution in [0, 0.1) is 0 Å². The third kappa shape index (κ3) is 5.22. The highest BCUT2D eigenvalue weighted by Crippen LogP contribution is 2.24. The maximum atomic E-state index is 12.7. The molecule has 1 atom stereocenters. The first-order chi connectivity index (χ1) is 12.6. The predicted octanol–water partition coefficient (Wildman–Crippen LogP) is 1.83. The van der Waals surface area contributed by atoms with Gasteiger partial charge in [-0.3, -0.25) is 9.59 Å². The van der Waals surface area contributed by atoms with Crippen LogP contribution < -0.4 is 0 Å². The summed E-state index contributed by atoms with van der Waals surface area (Å²) in [6, 6.07) is 5.05. The minimum Gasteiger partial charge on any atom is -0.503 e. The van der Waals surface area contributed by atoms with E-state index in [2.05, 4.69) is 0 Å². The number of halogens is 2. The second-order valence-corrected chi connectivity index (χ2v) is 8.52. The molecule has 27 heavy (non-hydrogen) atoms. The first-order valence-corrected chi connectivity index (χ1v) is 10.3. The van der Waals surface area contributed by atoms with Gasteiger partial charge in [-0.15, -0.1) is 0 Å². The minimum absolute atomic E-state index is 0.0133. The summed E-state index contributed by atoms with van der Waals surface area (Å²) in [4.78, 5) is 27.6. The average Bonchev–Trinajstić information content (AvgIpc) is 2.90. The van der Waals surface area contributed by atoms with Gasteiger partial charge in [0, 0.05) is 32.9 Å². The van der Waals surface area contributed by atoms with Crippen molar-refractivity contribution in [3.8, 4) is 0 Å². The number of aliphatic hydroxyl groups is 1. The summed E-state index contributed by atoms with van der Waals surface area (Å²) in [5.74, 6) is -1.58. The van der Waals surface area contributed by atoms with E-state index in [-0.39, 0.29) is 25.2 Å². The van der Waals surface area contributed by atoms with Crippen LogP contribution in [-0.4, -0.2) is 75.2 Å². The van der Waals surface area contributed by atoms with Crippen LogP contribution in [0.3, 0.4) is 0 Å². The van der Waals surface area contributed by atoms with Crippen LogP contribution in [0.2, 0.25) is 10.0 Å². The Hall–Kier alpha value is -1.61. The van der Waals surface area contributed by atoms with Crippen LogP contribution in [0.4, 0.5) is 0 Å². The van der Waals surface area contributed by atoms with Gasteiger partial charge in [-0.2, -0.15) is 0 Å². The molecule has 148 valence electrons. The van der Waals surface area contributed by atoms with Gasteiger partial charge in [0.25, 0.3) is 11.8 Å². The van der Waals surface area contributed by atoms with Crippen molar-refractivity contribution in [1.82, 2.24) is 14.1 Å². The molecule has 0 radical (unpaired) electrons. The van der Waals surface area contributed by atoms with Crippen molar-refractivity contribution in [3.63, 3.8) is 0 Å². The van der Waals surface area contributed by atoms with Crippen molar-refractivity contribution >= 4 is 46.0 Å². The Labute approximate surface area is 170 Å². The molecule has 1 N–H and O–H groups in total. The van der Waals surface area contributed by atoms with Crippen LogP contribution in [0.5, 0.6) is 0 Å². The van der Waals surface area contributed by atoms with Crippen LogP contribution in [0.1, 0.15) is 5.56 Å². The highest BCUT2D eigenvalue weighted by molar-refractivity contribution is 7.81. The molecule has 1 aromatic rings. The summed E-state index contributed by atoms with van der Waals surface area (Å²) in [5, 5.41) is 10.9. The molecule has 0 spiro atoms. The van der Waals surface area contributed by atoms with Crippen molar-refractivity contribution in [2.24, 2.45) is 0 Å². The molecule has 7 nitrogen and oxygen atoms in total. The molecule has 0 saturated heterocycles. The average molecular weight is 434 g/mol. The zero-order valence-electron chi connectivity index (χ0n) is 15.2. The monoisotopic (exact) mass is 433 g/mol. The van der Waals surface area contributed by atoms with E-state index in [0.29, 0.717) is 16.6 Å². The lowest BCUT2D eigenvalue weighted by atomic mass is 10.2. The smallest absolute Gasteiger partial charge is 0.289 e. The fourth-order valence-corrected chi connectivity index (χ4v) is 3.23. The van der Waals surface area contributed by atoms with Crippen molar-refractivity contribution in [2.45, 2.75) is 6.54 Å². The minimum atomic E-state index is -1.16. The van der Waals surface area contributed by atoms with Gasteiger partial charge in [0.05, 0.1) is 33.1 Å². The van der Waals surface area contributed by atoms with Gasteiger partial charge in [0.2, 0.25) is 0 Å². The Balaban J connectivity index is 2.03.